The topological polar surface area (TPSA) is 140 Å². The van der Waals surface area contributed by atoms with Crippen molar-refractivity contribution in [3.05, 3.63) is 102 Å². The number of nitrogens with zero attached hydrogens (tertiary/aromatic N) is 2. The Morgan fingerprint density at radius 2 is 2.02 bits per heavy atom. The number of nitrogens with one attached hydrogen (secondary N) is 1. The Labute approximate surface area is 230 Å². The summed E-state index contributed by atoms with van der Waals surface area (Å²) in [5.74, 6) is 1.25. The van der Waals surface area contributed by atoms with Crippen LogP contribution in [0.2, 0.25) is 0 Å². The highest BCUT2D eigenvalue weighted by Gasteiger charge is 2.34. The van der Waals surface area contributed by atoms with Crippen molar-refractivity contribution < 1.29 is 33.9 Å². The van der Waals surface area contributed by atoms with E-state index in [0.29, 0.717) is 49.2 Å². The number of ether oxygens (including phenoxy) is 3. The molecule has 0 aliphatic carbocycles. The van der Waals surface area contributed by atoms with Gasteiger partial charge in [0.1, 0.15) is 11.5 Å². The van der Waals surface area contributed by atoms with E-state index in [2.05, 4.69) is 4.99 Å². The van der Waals surface area contributed by atoms with Gasteiger partial charge >= 0.3 is 5.97 Å². The first kappa shape index (κ1) is 25.8. The second-order valence-corrected chi connectivity index (χ2v) is 9.98. The van der Waals surface area contributed by atoms with Crippen LogP contribution in [0, 0.1) is 5.21 Å². The smallest absolute Gasteiger partial charge is 0.338 e. The minimum atomic E-state index is -1.07. The molecule has 0 bridgehead atoms. The van der Waals surface area contributed by atoms with E-state index in [1.165, 1.54) is 10.6 Å². The van der Waals surface area contributed by atoms with Crippen LogP contribution >= 0.6 is 11.3 Å². The van der Waals surface area contributed by atoms with Crippen molar-refractivity contribution in [2.75, 3.05) is 13.4 Å². The fourth-order valence-corrected chi connectivity index (χ4v) is 5.81. The summed E-state index contributed by atoms with van der Waals surface area (Å²) >= 11 is 1.16. The summed E-state index contributed by atoms with van der Waals surface area (Å²) in [6.07, 6.45) is 1.58. The number of thiazole rings is 1. The third-order valence-electron chi connectivity index (χ3n) is 6.55. The summed E-state index contributed by atoms with van der Waals surface area (Å²) in [6.45, 7) is 3.68. The van der Waals surface area contributed by atoms with Crippen LogP contribution in [0.4, 0.5) is 5.69 Å². The van der Waals surface area contributed by atoms with Gasteiger partial charge in [-0.3, -0.25) is 9.36 Å². The van der Waals surface area contributed by atoms with Gasteiger partial charge in [-0.2, -0.15) is 5.23 Å². The molecule has 2 N–H and O–H groups in total. The maximum atomic E-state index is 13.8. The SMILES string of the molecule is CCOC(=O)C1=C(C)N=c2s/c(=C\c3ccc(-c4ccccc4[NH+]([O-])O)o3)c(=O)n2C1c1ccc2c(c1)OCO2. The Hall–Kier alpha value is -4.49. The average Bonchev–Trinajstić information content (AvgIpc) is 3.67. The van der Waals surface area contributed by atoms with Gasteiger partial charge in [-0.25, -0.2) is 15.0 Å². The molecule has 2 atom stereocenters. The number of aromatic nitrogens is 1. The lowest BCUT2D eigenvalue weighted by Crippen LogP contribution is -2.99. The van der Waals surface area contributed by atoms with Gasteiger partial charge < -0.3 is 23.8 Å². The third kappa shape index (κ3) is 4.42. The average molecular weight is 562 g/mol. The van der Waals surface area contributed by atoms with Crippen molar-refractivity contribution >= 4 is 29.1 Å². The Morgan fingerprint density at radius 3 is 2.83 bits per heavy atom. The molecule has 2 aromatic carbocycles. The minimum Gasteiger partial charge on any atom is -0.595 e. The molecular weight excluding hydrogens is 538 g/mol. The van der Waals surface area contributed by atoms with Crippen molar-refractivity contribution in [1.29, 1.82) is 0 Å². The van der Waals surface area contributed by atoms with Gasteiger partial charge in [0, 0.05) is 12.1 Å². The summed E-state index contributed by atoms with van der Waals surface area (Å²) in [5.41, 5.74) is 1.50. The number of fused-ring (bicyclic) bond motifs is 2. The molecule has 204 valence electrons. The molecule has 0 saturated heterocycles. The molecule has 2 aliphatic rings. The lowest BCUT2D eigenvalue weighted by atomic mass is 9.95. The molecule has 0 amide bonds. The molecule has 2 aromatic heterocycles. The lowest BCUT2D eigenvalue weighted by molar-refractivity contribution is -0.991. The Morgan fingerprint density at radius 1 is 1.23 bits per heavy atom. The minimum absolute atomic E-state index is 0.0865. The highest BCUT2D eigenvalue weighted by Crippen LogP contribution is 2.38. The van der Waals surface area contributed by atoms with E-state index in [-0.39, 0.29) is 30.2 Å². The first-order valence-electron chi connectivity index (χ1n) is 12.4. The Kier molecular flexibility index (Phi) is 6.60. The first-order chi connectivity index (χ1) is 19.4. The molecule has 0 spiro atoms. The molecular formula is C28H23N3O8S. The number of allylic oxidation sites excluding steroid dienone is 1. The molecule has 40 heavy (non-hydrogen) atoms. The molecule has 4 heterocycles. The maximum absolute atomic E-state index is 13.8. The zero-order valence-electron chi connectivity index (χ0n) is 21.4. The number of benzene rings is 2. The summed E-state index contributed by atoms with van der Waals surface area (Å²) < 4.78 is 24.0. The molecule has 0 radical (unpaired) electrons. The molecule has 2 unspecified atom stereocenters. The largest absolute Gasteiger partial charge is 0.595 e. The quantitative estimate of drug-likeness (QED) is 0.270. The summed E-state index contributed by atoms with van der Waals surface area (Å²) in [4.78, 5) is 31.9. The van der Waals surface area contributed by atoms with Gasteiger partial charge in [-0.15, -0.1) is 0 Å². The molecule has 0 saturated carbocycles. The van der Waals surface area contributed by atoms with Crippen molar-refractivity contribution in [2.24, 2.45) is 4.99 Å². The molecule has 2 aliphatic heterocycles. The van der Waals surface area contributed by atoms with E-state index >= 15 is 0 Å². The number of hydrogen-bond donors (Lipinski definition) is 2. The lowest BCUT2D eigenvalue weighted by Gasteiger charge is -2.24. The fraction of sp³-hybridized carbons (Fsp3) is 0.179. The van der Waals surface area contributed by atoms with Crippen molar-refractivity contribution in [1.82, 2.24) is 4.57 Å². The molecule has 0 fully saturated rings. The molecule has 11 nitrogen and oxygen atoms in total. The van der Waals surface area contributed by atoms with E-state index < -0.39 is 17.2 Å². The van der Waals surface area contributed by atoms with E-state index in [1.807, 2.05) is 0 Å². The number of carbonyl (C=O) groups excluding carboxylic acids is 1. The van der Waals surface area contributed by atoms with Gasteiger partial charge in [0.15, 0.2) is 22.0 Å². The zero-order chi connectivity index (χ0) is 28.0. The van der Waals surface area contributed by atoms with Crippen LogP contribution in [0.3, 0.4) is 0 Å². The van der Waals surface area contributed by atoms with Gasteiger partial charge in [0.05, 0.1) is 34.0 Å². The van der Waals surface area contributed by atoms with Crippen LogP contribution in [0.1, 0.15) is 31.2 Å². The normalized spacial score (nSPS) is 17.0. The van der Waals surface area contributed by atoms with Gasteiger partial charge in [-0.1, -0.05) is 29.5 Å². The standard InChI is InChI=1S/C28H23N3O8S/c1-3-36-27(33)24-15(2)29-28-30(25(24)16-8-10-21-22(12-16)38-14-37-21)26(32)23(40-28)13-17-9-11-20(39-17)18-6-4-5-7-19(18)31(34)35/h4-13,25,31,34H,3,14H2,1-2H3/b23-13-. The van der Waals surface area contributed by atoms with Crippen molar-refractivity contribution in [3.63, 3.8) is 0 Å². The van der Waals surface area contributed by atoms with Crippen LogP contribution < -0.4 is 29.6 Å². The first-order valence-corrected chi connectivity index (χ1v) is 13.2. The van der Waals surface area contributed by atoms with Crippen molar-refractivity contribution in [3.8, 4) is 22.8 Å². The number of hydrogen-bond acceptors (Lipinski definition) is 10. The fourth-order valence-electron chi connectivity index (χ4n) is 4.78. The molecule has 12 heteroatoms. The number of esters is 1. The van der Waals surface area contributed by atoms with Crippen LogP contribution in [-0.2, 0) is 9.53 Å². The van der Waals surface area contributed by atoms with E-state index in [9.17, 15) is 20.0 Å². The summed E-state index contributed by atoms with van der Waals surface area (Å²) in [6, 6.07) is 14.3. The molecule has 4 aromatic rings. The number of rotatable bonds is 6. The molecule has 6 rings (SSSR count). The predicted molar refractivity (Wildman–Crippen MR) is 143 cm³/mol. The predicted octanol–water partition coefficient (Wildman–Crippen LogP) is 2.19. The maximum Gasteiger partial charge on any atom is 0.338 e. The van der Waals surface area contributed by atoms with Gasteiger partial charge in [-0.05, 0) is 49.7 Å². The van der Waals surface area contributed by atoms with Crippen molar-refractivity contribution in [2.45, 2.75) is 19.9 Å². The van der Waals surface area contributed by atoms with Crippen LogP contribution in [-0.4, -0.2) is 29.1 Å². The van der Waals surface area contributed by atoms with Crippen LogP contribution in [0.15, 0.2) is 80.1 Å². The van der Waals surface area contributed by atoms with Gasteiger partial charge in [0.25, 0.3) is 5.56 Å². The monoisotopic (exact) mass is 561 g/mol. The third-order valence-corrected chi connectivity index (χ3v) is 7.54. The van der Waals surface area contributed by atoms with Crippen LogP contribution in [0.25, 0.3) is 17.4 Å². The Bertz CT molecular complexity index is 1850. The van der Waals surface area contributed by atoms with E-state index in [0.717, 1.165) is 11.3 Å². The summed E-state index contributed by atoms with van der Waals surface area (Å²) in [5, 5.41) is 20.1. The van der Waals surface area contributed by atoms with E-state index in [4.69, 9.17) is 18.6 Å². The highest BCUT2D eigenvalue weighted by molar-refractivity contribution is 7.07. The second-order valence-electron chi connectivity index (χ2n) is 8.97. The zero-order valence-corrected chi connectivity index (χ0v) is 22.2. The van der Waals surface area contributed by atoms with Gasteiger partial charge in [0.2, 0.25) is 6.79 Å². The van der Waals surface area contributed by atoms with E-state index in [1.54, 1.807) is 68.5 Å². The number of quaternary nitrogens is 1. The number of carbonyl (C=O) groups is 1. The Balaban J connectivity index is 1.47. The number of para-hydroxylation sites is 1. The summed E-state index contributed by atoms with van der Waals surface area (Å²) in [7, 11) is 0. The van der Waals surface area contributed by atoms with Crippen LogP contribution in [0.5, 0.6) is 11.5 Å². The number of furan rings is 1. The highest BCUT2D eigenvalue weighted by atomic mass is 32.1. The second kappa shape index (κ2) is 10.2.